The first kappa shape index (κ1) is 15.2. The second-order valence-electron chi connectivity index (χ2n) is 5.72. The molecule has 0 spiro atoms. The number of nitrogens with zero attached hydrogens (tertiary/aromatic N) is 2. The minimum Gasteiger partial charge on any atom is -0.386 e. The van der Waals surface area contributed by atoms with E-state index in [4.69, 9.17) is 35.4 Å². The highest BCUT2D eigenvalue weighted by Gasteiger charge is 2.58. The molecule has 1 atom stereocenters. The van der Waals surface area contributed by atoms with Gasteiger partial charge in [0.2, 0.25) is 0 Å². The molecule has 0 radical (unpaired) electrons. The summed E-state index contributed by atoms with van der Waals surface area (Å²) in [4.78, 5) is 0.105. The van der Waals surface area contributed by atoms with E-state index in [2.05, 4.69) is 5.10 Å². The lowest BCUT2D eigenvalue weighted by atomic mass is 9.88. The van der Waals surface area contributed by atoms with E-state index in [1.807, 2.05) is 24.3 Å². The summed E-state index contributed by atoms with van der Waals surface area (Å²) in [5.41, 5.74) is -0.214. The van der Waals surface area contributed by atoms with Gasteiger partial charge < -0.3 is 5.11 Å². The average molecular weight is 343 g/mol. The van der Waals surface area contributed by atoms with E-state index in [1.165, 1.54) is 0 Å². The highest BCUT2D eigenvalue weighted by atomic mass is 35.5. The molecule has 21 heavy (non-hydrogen) atoms. The number of benzene rings is 1. The van der Waals surface area contributed by atoms with Crippen LogP contribution in [-0.4, -0.2) is 38.3 Å². The lowest BCUT2D eigenvalue weighted by molar-refractivity contribution is 0.00987. The van der Waals surface area contributed by atoms with Gasteiger partial charge in [-0.25, -0.2) is 0 Å². The van der Waals surface area contributed by atoms with Crippen LogP contribution in [0.3, 0.4) is 0 Å². The fraction of sp³-hybridized carbons (Fsp3) is 0.467. The second kappa shape index (κ2) is 5.51. The van der Waals surface area contributed by atoms with Gasteiger partial charge in [0.25, 0.3) is 0 Å². The third-order valence-corrected chi connectivity index (χ3v) is 5.63. The van der Waals surface area contributed by atoms with Crippen LogP contribution in [0.15, 0.2) is 29.4 Å². The molecule has 1 unspecified atom stereocenters. The Labute approximate surface area is 139 Å². The number of hydrogen-bond donors (Lipinski definition) is 1. The van der Waals surface area contributed by atoms with E-state index < -0.39 is 10.5 Å². The number of hydrogen-bond acceptors (Lipinski definition) is 3. The number of hydrazone groups is 1. The first-order chi connectivity index (χ1) is 9.94. The molecule has 3 rings (SSSR count). The van der Waals surface area contributed by atoms with E-state index in [1.54, 1.807) is 11.2 Å². The van der Waals surface area contributed by atoms with Crippen molar-refractivity contribution in [1.29, 1.82) is 0 Å². The standard InChI is InChI=1S/C15H16Cl2N2OS/c16-12-4-2-1-3-11(12)9-15(20,14(17)6-7-14)10-19-13(21)5-8-18-19/h1-4,8,20H,5-7,9-10H2. The van der Waals surface area contributed by atoms with Crippen LogP contribution in [0.25, 0.3) is 0 Å². The van der Waals surface area contributed by atoms with Crippen molar-refractivity contribution >= 4 is 46.6 Å². The number of β-amino-alcohol motifs (C(OH)–C–C–N with tert-alkyl or cyclic N) is 1. The smallest absolute Gasteiger partial charge is 0.107 e. The van der Waals surface area contributed by atoms with Crippen molar-refractivity contribution in [1.82, 2.24) is 5.01 Å². The Hall–Kier alpha value is -0.680. The number of rotatable bonds is 5. The van der Waals surface area contributed by atoms with Crippen molar-refractivity contribution in [2.24, 2.45) is 5.10 Å². The lowest BCUT2D eigenvalue weighted by Gasteiger charge is -2.36. The Bertz CT molecular complexity index is 603. The van der Waals surface area contributed by atoms with Crippen LogP contribution in [0.2, 0.25) is 5.02 Å². The highest BCUT2D eigenvalue weighted by Crippen LogP contribution is 2.53. The molecule has 1 fully saturated rings. The molecule has 3 nitrogen and oxygen atoms in total. The summed E-state index contributed by atoms with van der Waals surface area (Å²) in [5.74, 6) is 0. The Kier molecular flexibility index (Phi) is 3.99. The van der Waals surface area contributed by atoms with Crippen molar-refractivity contribution in [3.63, 3.8) is 0 Å². The maximum Gasteiger partial charge on any atom is 0.107 e. The van der Waals surface area contributed by atoms with E-state index >= 15 is 0 Å². The van der Waals surface area contributed by atoms with Crippen molar-refractivity contribution in [3.05, 3.63) is 34.9 Å². The van der Waals surface area contributed by atoms with Crippen molar-refractivity contribution < 1.29 is 5.11 Å². The van der Waals surface area contributed by atoms with Gasteiger partial charge in [-0.1, -0.05) is 42.0 Å². The van der Waals surface area contributed by atoms with Gasteiger partial charge in [-0.05, 0) is 24.5 Å². The molecule has 2 aliphatic rings. The molecule has 0 bridgehead atoms. The molecule has 1 aliphatic carbocycles. The van der Waals surface area contributed by atoms with Gasteiger partial charge in [-0.15, -0.1) is 11.6 Å². The molecule has 0 amide bonds. The van der Waals surface area contributed by atoms with Crippen molar-refractivity contribution in [2.75, 3.05) is 6.54 Å². The fourth-order valence-electron chi connectivity index (χ4n) is 2.65. The molecule has 1 saturated carbocycles. The molecule has 0 saturated heterocycles. The van der Waals surface area contributed by atoms with Gasteiger partial charge in [0.15, 0.2) is 0 Å². The van der Waals surface area contributed by atoms with E-state index in [-0.39, 0.29) is 0 Å². The summed E-state index contributed by atoms with van der Waals surface area (Å²) in [7, 11) is 0. The van der Waals surface area contributed by atoms with Crippen LogP contribution in [0, 0.1) is 0 Å². The van der Waals surface area contributed by atoms with Crippen LogP contribution in [0.1, 0.15) is 24.8 Å². The lowest BCUT2D eigenvalue weighted by Crippen LogP contribution is -2.51. The van der Waals surface area contributed by atoms with E-state index in [0.29, 0.717) is 29.4 Å². The normalized spacial score (nSPS) is 22.4. The van der Waals surface area contributed by atoms with Crippen LogP contribution in [-0.2, 0) is 6.42 Å². The molecule has 0 aromatic heterocycles. The van der Waals surface area contributed by atoms with Gasteiger partial charge in [0.05, 0.1) is 11.4 Å². The zero-order valence-electron chi connectivity index (χ0n) is 11.4. The minimum atomic E-state index is -1.11. The SMILES string of the molecule is OC(Cc1ccccc1Cl)(CN1N=CCC1=S)C1(Cl)CC1. The first-order valence-electron chi connectivity index (χ1n) is 6.91. The van der Waals surface area contributed by atoms with Crippen LogP contribution in [0.4, 0.5) is 0 Å². The second-order valence-corrected chi connectivity index (χ2v) is 7.32. The predicted molar refractivity (Wildman–Crippen MR) is 90.3 cm³/mol. The van der Waals surface area contributed by atoms with Crippen LogP contribution in [0.5, 0.6) is 0 Å². The van der Waals surface area contributed by atoms with Crippen LogP contribution >= 0.6 is 35.4 Å². The molecule has 112 valence electrons. The summed E-state index contributed by atoms with van der Waals surface area (Å²) in [6, 6.07) is 7.53. The average Bonchev–Trinajstić information content (AvgIpc) is 3.09. The summed E-state index contributed by atoms with van der Waals surface area (Å²) < 4.78 is 0. The van der Waals surface area contributed by atoms with Crippen molar-refractivity contribution in [3.8, 4) is 0 Å². The topological polar surface area (TPSA) is 35.8 Å². The maximum absolute atomic E-state index is 11.2. The molecule has 1 aliphatic heterocycles. The third kappa shape index (κ3) is 2.95. The van der Waals surface area contributed by atoms with Gasteiger partial charge in [0, 0.05) is 24.1 Å². The molecule has 1 aromatic rings. The van der Waals surface area contributed by atoms with Crippen LogP contribution < -0.4 is 0 Å². The molecular formula is C15H16Cl2N2OS. The Morgan fingerprint density at radius 2 is 2.10 bits per heavy atom. The zero-order valence-corrected chi connectivity index (χ0v) is 13.8. The maximum atomic E-state index is 11.2. The Balaban J connectivity index is 1.85. The zero-order chi connectivity index (χ0) is 15.1. The summed E-state index contributed by atoms with van der Waals surface area (Å²) >= 11 is 18.1. The highest BCUT2D eigenvalue weighted by molar-refractivity contribution is 7.80. The third-order valence-electron chi connectivity index (χ3n) is 4.15. The molecule has 1 N–H and O–H groups in total. The fourth-order valence-corrected chi connectivity index (χ4v) is 3.26. The van der Waals surface area contributed by atoms with Gasteiger partial charge in [-0.2, -0.15) is 5.10 Å². The summed E-state index contributed by atoms with van der Waals surface area (Å²) in [6.07, 6.45) is 4.38. The van der Waals surface area contributed by atoms with E-state index in [0.717, 1.165) is 18.4 Å². The van der Waals surface area contributed by atoms with E-state index in [9.17, 15) is 5.11 Å². The largest absolute Gasteiger partial charge is 0.386 e. The number of thiocarbonyl (C=S) groups is 1. The van der Waals surface area contributed by atoms with Gasteiger partial charge in [0.1, 0.15) is 10.6 Å². The molecular weight excluding hydrogens is 327 g/mol. The Morgan fingerprint density at radius 3 is 2.67 bits per heavy atom. The number of aliphatic hydroxyl groups is 1. The molecule has 1 aromatic carbocycles. The quantitative estimate of drug-likeness (QED) is 0.657. The predicted octanol–water partition coefficient (Wildman–Crippen LogP) is 3.40. The van der Waals surface area contributed by atoms with Gasteiger partial charge in [-0.3, -0.25) is 5.01 Å². The number of alkyl halides is 1. The monoisotopic (exact) mass is 342 g/mol. The summed E-state index contributed by atoms with van der Waals surface area (Å²) in [5, 5.41) is 17.7. The van der Waals surface area contributed by atoms with Crippen molar-refractivity contribution in [2.45, 2.75) is 36.2 Å². The molecule has 6 heteroatoms. The molecule has 1 heterocycles. The number of halogens is 2. The Morgan fingerprint density at radius 1 is 1.38 bits per heavy atom. The summed E-state index contributed by atoms with van der Waals surface area (Å²) in [6.45, 7) is 0.303. The first-order valence-corrected chi connectivity index (χ1v) is 8.07. The van der Waals surface area contributed by atoms with Gasteiger partial charge >= 0.3 is 0 Å². The minimum absolute atomic E-state index is 0.303.